The van der Waals surface area contributed by atoms with Gasteiger partial charge in [0.1, 0.15) is 16.6 Å². The number of fused-ring (bicyclic) bond motifs is 4. The smallest absolute Gasteiger partial charge is 0.341 e. The highest BCUT2D eigenvalue weighted by Gasteiger charge is 2.18. The van der Waals surface area contributed by atoms with Crippen molar-refractivity contribution in [3.63, 3.8) is 0 Å². The summed E-state index contributed by atoms with van der Waals surface area (Å²) in [6, 6.07) is 23.7. The molecule has 0 aliphatic carbocycles. The van der Waals surface area contributed by atoms with Crippen LogP contribution in [0.5, 0.6) is 11.8 Å². The van der Waals surface area contributed by atoms with E-state index in [-0.39, 0.29) is 0 Å². The van der Waals surface area contributed by atoms with Gasteiger partial charge in [-0.1, -0.05) is 35.3 Å². The molecule has 0 N–H and O–H groups in total. The zero-order valence-electron chi connectivity index (χ0n) is 27.6. The van der Waals surface area contributed by atoms with Gasteiger partial charge in [0, 0.05) is 60.8 Å². The lowest BCUT2D eigenvalue weighted by molar-refractivity contribution is 0.0602. The molecule has 0 aliphatic heterocycles. The fraction of sp³-hybridized carbons (Fsp3) is 0.132. The molecule has 6 heterocycles. The summed E-state index contributed by atoms with van der Waals surface area (Å²) in [5.74, 6) is 0.635. The van der Waals surface area contributed by atoms with Crippen LogP contribution in [0, 0.1) is 3.57 Å². The van der Waals surface area contributed by atoms with Crippen molar-refractivity contribution in [2.45, 2.75) is 13.1 Å². The van der Waals surface area contributed by atoms with E-state index in [4.69, 9.17) is 37.4 Å². The molecule has 8 aromatic rings. The van der Waals surface area contributed by atoms with E-state index in [9.17, 15) is 4.79 Å². The van der Waals surface area contributed by atoms with Crippen LogP contribution in [0.4, 0.5) is 0 Å². The molecule has 10 nitrogen and oxygen atoms in total. The molecule has 6 aromatic heterocycles. The van der Waals surface area contributed by atoms with Crippen LogP contribution in [0.3, 0.4) is 0 Å². The molecule has 13 heteroatoms. The van der Waals surface area contributed by atoms with Crippen molar-refractivity contribution in [1.82, 2.24) is 29.1 Å². The average molecular weight is 831 g/mol. The summed E-state index contributed by atoms with van der Waals surface area (Å²) in [5, 5.41) is 3.25. The molecular weight excluding hydrogens is 802 g/mol. The van der Waals surface area contributed by atoms with E-state index in [0.717, 1.165) is 54.0 Å². The summed E-state index contributed by atoms with van der Waals surface area (Å²) >= 11 is 14.4. The molecule has 0 saturated heterocycles. The lowest BCUT2D eigenvalue weighted by Gasteiger charge is -2.07. The molecule has 0 saturated carbocycles. The fourth-order valence-corrected chi connectivity index (χ4v) is 6.97. The molecule has 51 heavy (non-hydrogen) atoms. The third-order valence-electron chi connectivity index (χ3n) is 8.31. The highest BCUT2D eigenvalue weighted by atomic mass is 127. The Labute approximate surface area is 316 Å². The largest absolute Gasteiger partial charge is 0.481 e. The van der Waals surface area contributed by atoms with Gasteiger partial charge >= 0.3 is 5.97 Å². The van der Waals surface area contributed by atoms with Gasteiger partial charge in [-0.25, -0.2) is 14.8 Å². The molecule has 0 radical (unpaired) electrons. The third kappa shape index (κ3) is 7.27. The number of carbonyl (C=O) groups is 1. The average Bonchev–Trinajstić information content (AvgIpc) is 3.66. The molecule has 0 amide bonds. The van der Waals surface area contributed by atoms with E-state index in [2.05, 4.69) is 65.4 Å². The second-order valence-electron chi connectivity index (χ2n) is 11.6. The molecule has 0 atom stereocenters. The first-order valence-electron chi connectivity index (χ1n) is 15.6. The maximum Gasteiger partial charge on any atom is 0.341 e. The highest BCUT2D eigenvalue weighted by molar-refractivity contribution is 14.1. The number of ether oxygens (including phenoxy) is 3. The monoisotopic (exact) mass is 830 g/mol. The molecule has 256 valence electrons. The van der Waals surface area contributed by atoms with Crippen LogP contribution in [0.1, 0.15) is 21.5 Å². The SMILES string of the molecule is COC(=O)c1cn(Cc2ccc3ncc(Cl)cc3c2)c2ccc(OC)nc12.COc1ccc2c(n1)c(I)cn2Cc1ccc2ncc(Cl)cc2c1. The number of benzene rings is 2. The van der Waals surface area contributed by atoms with Crippen molar-refractivity contribution < 1.29 is 19.0 Å². The fourth-order valence-electron chi connectivity index (χ4n) is 5.91. The van der Waals surface area contributed by atoms with Crippen LogP contribution in [0.2, 0.25) is 10.0 Å². The molecular formula is C38H29Cl2IN6O4. The van der Waals surface area contributed by atoms with Gasteiger partial charge in [0.15, 0.2) is 0 Å². The van der Waals surface area contributed by atoms with Gasteiger partial charge in [-0.15, -0.1) is 0 Å². The Kier molecular flexibility index (Phi) is 9.94. The van der Waals surface area contributed by atoms with Crippen molar-refractivity contribution >= 4 is 95.6 Å². The number of methoxy groups -OCH3 is 3. The van der Waals surface area contributed by atoms with Crippen molar-refractivity contribution in [3.05, 3.63) is 128 Å². The second kappa shape index (κ2) is 14.7. The number of carbonyl (C=O) groups excluding carboxylic acids is 1. The number of rotatable bonds is 7. The Morgan fingerprint density at radius 1 is 0.686 bits per heavy atom. The lowest BCUT2D eigenvalue weighted by Crippen LogP contribution is -2.01. The Balaban J connectivity index is 0.000000160. The zero-order valence-corrected chi connectivity index (χ0v) is 31.3. The van der Waals surface area contributed by atoms with E-state index >= 15 is 0 Å². The lowest BCUT2D eigenvalue weighted by atomic mass is 10.1. The predicted molar refractivity (Wildman–Crippen MR) is 208 cm³/mol. The summed E-state index contributed by atoms with van der Waals surface area (Å²) in [7, 11) is 4.52. The van der Waals surface area contributed by atoms with E-state index in [1.807, 2.05) is 59.2 Å². The summed E-state index contributed by atoms with van der Waals surface area (Å²) in [4.78, 5) is 29.8. The van der Waals surface area contributed by atoms with Crippen molar-refractivity contribution in [1.29, 1.82) is 0 Å². The topological polar surface area (TPSA) is 106 Å². The molecule has 0 bridgehead atoms. The van der Waals surface area contributed by atoms with Crippen LogP contribution in [0.25, 0.3) is 43.9 Å². The Morgan fingerprint density at radius 3 is 1.73 bits per heavy atom. The highest BCUT2D eigenvalue weighted by Crippen LogP contribution is 2.27. The summed E-state index contributed by atoms with van der Waals surface area (Å²) < 4.78 is 20.6. The van der Waals surface area contributed by atoms with Gasteiger partial charge < -0.3 is 23.3 Å². The minimum atomic E-state index is -0.436. The van der Waals surface area contributed by atoms with Crippen LogP contribution < -0.4 is 9.47 Å². The number of hydrogen-bond acceptors (Lipinski definition) is 8. The molecule has 0 aliphatic rings. The van der Waals surface area contributed by atoms with Crippen molar-refractivity contribution in [2.24, 2.45) is 0 Å². The van der Waals surface area contributed by atoms with Gasteiger partial charge in [0.05, 0.1) is 57.0 Å². The molecule has 8 rings (SSSR count). The van der Waals surface area contributed by atoms with Gasteiger partial charge in [0.25, 0.3) is 0 Å². The number of esters is 1. The number of nitrogens with zero attached hydrogens (tertiary/aromatic N) is 6. The number of hydrogen-bond donors (Lipinski definition) is 0. The van der Waals surface area contributed by atoms with E-state index in [1.54, 1.807) is 31.8 Å². The van der Waals surface area contributed by atoms with Crippen molar-refractivity contribution in [2.75, 3.05) is 21.3 Å². The molecule has 0 fully saturated rings. The minimum absolute atomic E-state index is 0.400. The summed E-state index contributed by atoms with van der Waals surface area (Å²) in [6.07, 6.45) is 7.16. The number of aromatic nitrogens is 6. The molecule has 0 spiro atoms. The van der Waals surface area contributed by atoms with Crippen LogP contribution in [-0.4, -0.2) is 56.4 Å². The summed E-state index contributed by atoms with van der Waals surface area (Å²) in [5.41, 5.74) is 7.88. The van der Waals surface area contributed by atoms with Crippen molar-refractivity contribution in [3.8, 4) is 11.8 Å². The predicted octanol–water partition coefficient (Wildman–Crippen LogP) is 8.98. The first kappa shape index (κ1) is 34.5. The first-order valence-corrected chi connectivity index (χ1v) is 17.5. The van der Waals surface area contributed by atoms with E-state index in [0.29, 0.717) is 39.4 Å². The maximum atomic E-state index is 12.2. The zero-order chi connectivity index (χ0) is 35.6. The quantitative estimate of drug-likeness (QED) is 0.116. The van der Waals surface area contributed by atoms with Gasteiger partial charge in [-0.05, 0) is 82.2 Å². The second-order valence-corrected chi connectivity index (χ2v) is 13.6. The molecule has 2 aromatic carbocycles. The Hall–Kier alpha value is -4.98. The maximum absolute atomic E-state index is 12.2. The van der Waals surface area contributed by atoms with Gasteiger partial charge in [0.2, 0.25) is 11.8 Å². The summed E-state index contributed by atoms with van der Waals surface area (Å²) in [6.45, 7) is 1.32. The van der Waals surface area contributed by atoms with Gasteiger partial charge in [-0.3, -0.25) is 9.97 Å². The van der Waals surface area contributed by atoms with Crippen LogP contribution >= 0.6 is 45.8 Å². The first-order chi connectivity index (χ1) is 24.7. The Bertz CT molecular complexity index is 2590. The standard InChI is InChI=1S/C20H16ClN3O3.C18H13ClIN3O/c1-26-18-6-5-17-19(23-18)15(20(25)27-2)11-24(17)10-12-3-4-16-13(7-12)8-14(21)9-22-16;1-24-17-5-4-16-18(22-17)14(20)10-23(16)9-11-2-3-15-12(6-11)7-13(19)8-21-15/h3-9,11H,10H2,1-2H3;2-8,10H,9H2,1H3. The number of pyridine rings is 4. The molecule has 0 unspecified atom stereocenters. The third-order valence-corrected chi connectivity index (χ3v) is 9.51. The Morgan fingerprint density at radius 2 is 1.20 bits per heavy atom. The van der Waals surface area contributed by atoms with E-state index in [1.165, 1.54) is 19.8 Å². The van der Waals surface area contributed by atoms with Crippen LogP contribution in [0.15, 0.2) is 97.6 Å². The number of halogens is 3. The van der Waals surface area contributed by atoms with Gasteiger partial charge in [-0.2, -0.15) is 0 Å². The minimum Gasteiger partial charge on any atom is -0.481 e. The van der Waals surface area contributed by atoms with E-state index < -0.39 is 5.97 Å². The normalized spacial score (nSPS) is 11.2. The van der Waals surface area contributed by atoms with Crippen LogP contribution in [-0.2, 0) is 17.8 Å².